The molecule has 0 aromatic heterocycles. The molecule has 1 heterocycles. The van der Waals surface area contributed by atoms with Crippen molar-refractivity contribution in [1.82, 2.24) is 15.1 Å². The summed E-state index contributed by atoms with van der Waals surface area (Å²) in [5.41, 5.74) is -0.334. The van der Waals surface area contributed by atoms with Crippen LogP contribution in [-0.4, -0.2) is 60.9 Å². The highest BCUT2D eigenvalue weighted by Crippen LogP contribution is 2.23. The van der Waals surface area contributed by atoms with Crippen LogP contribution in [0.25, 0.3) is 0 Å². The molecule has 0 unspecified atom stereocenters. The number of carbonyl (C=O) groups excluding carboxylic acids is 2. The summed E-state index contributed by atoms with van der Waals surface area (Å²) in [6.45, 7) is 15.5. The van der Waals surface area contributed by atoms with Gasteiger partial charge in [0.25, 0.3) is 0 Å². The smallest absolute Gasteiger partial charge is 0.227 e. The predicted molar refractivity (Wildman–Crippen MR) is 94.2 cm³/mol. The molecule has 0 aliphatic carbocycles. The van der Waals surface area contributed by atoms with E-state index >= 15 is 0 Å². The molecule has 1 N–H and O–H groups in total. The summed E-state index contributed by atoms with van der Waals surface area (Å²) in [4.78, 5) is 28.7. The Kier molecular flexibility index (Phi) is 8.03. The molecule has 0 atom stereocenters. The largest absolute Gasteiger partial charge is 0.356 e. The van der Waals surface area contributed by atoms with Crippen molar-refractivity contribution < 1.29 is 9.59 Å². The molecule has 1 rings (SSSR count). The first-order chi connectivity index (χ1) is 10.8. The number of nitrogens with zero attached hydrogens (tertiary/aromatic N) is 2. The second-order valence-corrected chi connectivity index (χ2v) is 7.49. The zero-order valence-corrected chi connectivity index (χ0v) is 15.7. The third kappa shape index (κ3) is 6.50. The van der Waals surface area contributed by atoms with E-state index in [4.69, 9.17) is 0 Å². The monoisotopic (exact) mass is 325 g/mol. The molecule has 1 aliphatic rings. The third-order valence-electron chi connectivity index (χ3n) is 4.64. The van der Waals surface area contributed by atoms with Crippen molar-refractivity contribution in [1.29, 1.82) is 0 Å². The average molecular weight is 325 g/mol. The van der Waals surface area contributed by atoms with E-state index in [1.807, 2.05) is 25.7 Å². The molecule has 0 bridgehead atoms. The number of carbonyl (C=O) groups is 2. The summed E-state index contributed by atoms with van der Waals surface area (Å²) in [5.74, 6) is 0.412. The Labute approximate surface area is 141 Å². The fourth-order valence-electron chi connectivity index (χ4n) is 3.02. The third-order valence-corrected chi connectivity index (χ3v) is 4.64. The Hall–Kier alpha value is -1.10. The minimum Gasteiger partial charge on any atom is -0.356 e. The number of rotatable bonds is 7. The Morgan fingerprint density at radius 1 is 1.13 bits per heavy atom. The molecule has 1 fully saturated rings. The van der Waals surface area contributed by atoms with E-state index in [1.54, 1.807) is 0 Å². The summed E-state index contributed by atoms with van der Waals surface area (Å²) in [6.07, 6.45) is 2.56. The fourth-order valence-corrected chi connectivity index (χ4v) is 3.02. The normalized spacial score (nSPS) is 16.7. The van der Waals surface area contributed by atoms with Gasteiger partial charge in [0.1, 0.15) is 0 Å². The lowest BCUT2D eigenvalue weighted by molar-refractivity contribution is -0.142. The van der Waals surface area contributed by atoms with E-state index in [0.29, 0.717) is 13.1 Å². The van der Waals surface area contributed by atoms with Crippen molar-refractivity contribution in [2.24, 2.45) is 11.3 Å². The Balaban J connectivity index is 2.26. The molecule has 0 radical (unpaired) electrons. The summed E-state index contributed by atoms with van der Waals surface area (Å²) >= 11 is 0. The number of piperidine rings is 1. The molecule has 2 amide bonds. The highest BCUT2D eigenvalue weighted by Gasteiger charge is 2.32. The lowest BCUT2D eigenvalue weighted by atomic mass is 9.90. The van der Waals surface area contributed by atoms with Gasteiger partial charge in [-0.05, 0) is 38.9 Å². The SMILES string of the molecule is CCN(CC)CCCNC(=O)C1CCN(C(=O)C(C)(C)C)CC1. The van der Waals surface area contributed by atoms with Gasteiger partial charge in [0.15, 0.2) is 0 Å². The molecule has 134 valence electrons. The summed E-state index contributed by atoms with van der Waals surface area (Å²) in [5, 5.41) is 3.06. The summed E-state index contributed by atoms with van der Waals surface area (Å²) in [7, 11) is 0. The predicted octanol–water partition coefficient (Wildman–Crippen LogP) is 2.12. The molecular formula is C18H35N3O2. The van der Waals surface area contributed by atoms with Gasteiger partial charge < -0.3 is 15.1 Å². The molecule has 0 spiro atoms. The van der Waals surface area contributed by atoms with Gasteiger partial charge >= 0.3 is 0 Å². The van der Waals surface area contributed by atoms with Crippen molar-refractivity contribution in [3.05, 3.63) is 0 Å². The van der Waals surface area contributed by atoms with Gasteiger partial charge in [-0.1, -0.05) is 34.6 Å². The Morgan fingerprint density at radius 2 is 1.70 bits per heavy atom. The molecule has 5 heteroatoms. The van der Waals surface area contributed by atoms with Gasteiger partial charge in [0.05, 0.1) is 0 Å². The number of nitrogens with one attached hydrogen (secondary N) is 1. The van der Waals surface area contributed by atoms with Crippen LogP contribution in [0.1, 0.15) is 53.9 Å². The van der Waals surface area contributed by atoms with E-state index < -0.39 is 0 Å². The van der Waals surface area contributed by atoms with Gasteiger partial charge in [-0.2, -0.15) is 0 Å². The van der Waals surface area contributed by atoms with Gasteiger partial charge in [0, 0.05) is 31.0 Å². The van der Waals surface area contributed by atoms with Crippen molar-refractivity contribution in [3.8, 4) is 0 Å². The highest BCUT2D eigenvalue weighted by molar-refractivity contribution is 5.82. The maximum Gasteiger partial charge on any atom is 0.227 e. The zero-order chi connectivity index (χ0) is 17.5. The van der Waals surface area contributed by atoms with Crippen LogP contribution < -0.4 is 5.32 Å². The Morgan fingerprint density at radius 3 is 2.17 bits per heavy atom. The van der Waals surface area contributed by atoms with Crippen LogP contribution in [0, 0.1) is 11.3 Å². The molecular weight excluding hydrogens is 290 g/mol. The van der Waals surface area contributed by atoms with E-state index in [2.05, 4.69) is 24.1 Å². The van der Waals surface area contributed by atoms with Crippen molar-refractivity contribution in [2.45, 2.75) is 53.9 Å². The molecule has 1 aliphatic heterocycles. The fraction of sp³-hybridized carbons (Fsp3) is 0.889. The molecule has 0 aromatic carbocycles. The van der Waals surface area contributed by atoms with E-state index in [9.17, 15) is 9.59 Å². The van der Waals surface area contributed by atoms with Crippen molar-refractivity contribution in [3.63, 3.8) is 0 Å². The minimum atomic E-state index is -0.334. The summed E-state index contributed by atoms with van der Waals surface area (Å²) in [6, 6.07) is 0. The molecule has 1 saturated heterocycles. The summed E-state index contributed by atoms with van der Waals surface area (Å²) < 4.78 is 0. The van der Waals surface area contributed by atoms with Gasteiger partial charge in [0.2, 0.25) is 11.8 Å². The standard InChI is InChI=1S/C18H35N3O2/c1-6-20(7-2)12-8-11-19-16(22)15-9-13-21(14-10-15)17(23)18(3,4)5/h15H,6-14H2,1-5H3,(H,19,22). The maximum absolute atomic E-state index is 12.2. The first kappa shape index (κ1) is 19.9. The van der Waals surface area contributed by atoms with Crippen LogP contribution in [0.15, 0.2) is 0 Å². The topological polar surface area (TPSA) is 52.7 Å². The lowest BCUT2D eigenvalue weighted by Crippen LogP contribution is -2.46. The van der Waals surface area contributed by atoms with Crippen LogP contribution in [0.3, 0.4) is 0 Å². The van der Waals surface area contributed by atoms with E-state index in [0.717, 1.165) is 45.4 Å². The molecule has 0 saturated carbocycles. The molecule has 23 heavy (non-hydrogen) atoms. The number of hydrogen-bond donors (Lipinski definition) is 1. The van der Waals surface area contributed by atoms with Crippen molar-refractivity contribution in [2.75, 3.05) is 39.3 Å². The van der Waals surface area contributed by atoms with Gasteiger partial charge in [-0.25, -0.2) is 0 Å². The van der Waals surface area contributed by atoms with Crippen LogP contribution in [-0.2, 0) is 9.59 Å². The highest BCUT2D eigenvalue weighted by atomic mass is 16.2. The van der Waals surface area contributed by atoms with Gasteiger partial charge in [-0.3, -0.25) is 9.59 Å². The van der Waals surface area contributed by atoms with E-state index in [-0.39, 0.29) is 23.1 Å². The minimum absolute atomic E-state index is 0.0625. The molecule has 0 aromatic rings. The van der Waals surface area contributed by atoms with Gasteiger partial charge in [-0.15, -0.1) is 0 Å². The maximum atomic E-state index is 12.2. The van der Waals surface area contributed by atoms with Crippen LogP contribution in [0.2, 0.25) is 0 Å². The second kappa shape index (κ2) is 9.26. The Bertz CT molecular complexity index is 378. The molecule has 5 nitrogen and oxygen atoms in total. The van der Waals surface area contributed by atoms with E-state index in [1.165, 1.54) is 0 Å². The number of amides is 2. The first-order valence-corrected chi connectivity index (χ1v) is 9.09. The average Bonchev–Trinajstić information content (AvgIpc) is 2.53. The van der Waals surface area contributed by atoms with Crippen LogP contribution in [0.5, 0.6) is 0 Å². The number of hydrogen-bond acceptors (Lipinski definition) is 3. The first-order valence-electron chi connectivity index (χ1n) is 9.09. The quantitative estimate of drug-likeness (QED) is 0.730. The van der Waals surface area contributed by atoms with Crippen molar-refractivity contribution >= 4 is 11.8 Å². The van der Waals surface area contributed by atoms with Crippen LogP contribution in [0.4, 0.5) is 0 Å². The van der Waals surface area contributed by atoms with Crippen LogP contribution >= 0.6 is 0 Å². The lowest BCUT2D eigenvalue weighted by Gasteiger charge is -2.35. The second-order valence-electron chi connectivity index (χ2n) is 7.49. The number of likely N-dealkylation sites (tertiary alicyclic amines) is 1. The zero-order valence-electron chi connectivity index (χ0n) is 15.7.